The molecule has 0 saturated heterocycles. The molecular weight excluding hydrogens is 74.0 g/mol. The minimum absolute atomic E-state index is 0. The minimum atomic E-state index is 0. The number of carbonyl (C=O) groups is 1. The van der Waals surface area contributed by atoms with Crippen molar-refractivity contribution in [3.05, 3.63) is 0 Å². The number of hydrogen-bond acceptors (Lipinski definition) is 1. The van der Waals surface area contributed by atoms with Crippen molar-refractivity contribution in [2.24, 2.45) is 0 Å². The molecule has 0 radical (unpaired) electrons. The molecule has 0 aromatic carbocycles. The van der Waals surface area contributed by atoms with Crippen molar-refractivity contribution < 1.29 is 4.79 Å². The van der Waals surface area contributed by atoms with Gasteiger partial charge in [-0.2, -0.15) is 0 Å². The fourth-order valence-corrected chi connectivity index (χ4v) is 0. The van der Waals surface area contributed by atoms with E-state index < -0.39 is 0 Å². The van der Waals surface area contributed by atoms with Gasteiger partial charge in [-0.05, 0) is 0 Å². The number of hydrogen-bond donors (Lipinski definition) is 0. The van der Waals surface area contributed by atoms with Crippen molar-refractivity contribution in [3.63, 3.8) is 0 Å². The summed E-state index contributed by atoms with van der Waals surface area (Å²) in [6, 6.07) is 0. The molecule has 0 amide bonds. The molecule has 0 aliphatic rings. The Kier molecular flexibility index (Phi) is 97.8. The monoisotopic (exact) mass is 78.0 g/mol. The van der Waals surface area contributed by atoms with E-state index in [2.05, 4.69) is 0 Å². The molecule has 0 spiro atoms. The molecule has 3 heteroatoms. The van der Waals surface area contributed by atoms with Gasteiger partial charge in [0.25, 0.3) is 0 Å². The van der Waals surface area contributed by atoms with Gasteiger partial charge in [0.1, 0.15) is 6.79 Å². The Morgan fingerprint density at radius 2 is 1.00 bits per heavy atom. The predicted octanol–water partition coefficient (Wildman–Crippen LogP) is -1.48. The first kappa shape index (κ1) is 17.3. The summed E-state index contributed by atoms with van der Waals surface area (Å²) in [5, 5.41) is 0. The van der Waals surface area contributed by atoms with E-state index in [1.807, 2.05) is 6.79 Å². The molecule has 0 N–H and O–H groups in total. The van der Waals surface area contributed by atoms with Crippen molar-refractivity contribution in [1.29, 1.82) is 0 Å². The first-order valence-electron chi connectivity index (χ1n) is 0.289. The molecule has 0 aliphatic carbocycles. The van der Waals surface area contributed by atoms with Crippen LogP contribution in [0, 0.1) is 0 Å². The van der Waals surface area contributed by atoms with Crippen LogP contribution in [0.1, 0.15) is 0 Å². The molecule has 16 valence electrons. The van der Waals surface area contributed by atoms with Crippen molar-refractivity contribution in [2.75, 3.05) is 0 Å². The quantitative estimate of drug-likeness (QED) is 0.323. The zero-order valence-corrected chi connectivity index (χ0v) is 1.12. The molecule has 0 bridgehead atoms. The molecule has 0 unspecified atom stereocenters. The van der Waals surface area contributed by atoms with Crippen molar-refractivity contribution in [3.8, 4) is 0 Å². The van der Waals surface area contributed by atoms with Gasteiger partial charge >= 0.3 is 59.1 Å². The van der Waals surface area contributed by atoms with E-state index in [-0.39, 0.29) is 59.1 Å². The van der Waals surface area contributed by atoms with Crippen LogP contribution in [0.3, 0.4) is 0 Å². The van der Waals surface area contributed by atoms with Gasteiger partial charge in [-0.15, -0.1) is 0 Å². The Morgan fingerprint density at radius 1 is 1.00 bits per heavy atom. The first-order chi connectivity index (χ1) is 1.00. The third-order valence-electron chi connectivity index (χ3n) is 0. The summed E-state index contributed by atoms with van der Waals surface area (Å²) in [5.41, 5.74) is 0. The second kappa shape index (κ2) is 22.6. The number of carbonyl (C=O) groups excluding carboxylic acids is 1. The normalized spacial score (nSPS) is 1.00. The van der Waals surface area contributed by atoms with E-state index in [0.717, 1.165) is 0 Å². The molecule has 0 aliphatic heterocycles. The van der Waals surface area contributed by atoms with Crippen LogP contribution in [0.25, 0.3) is 0 Å². The summed E-state index contributed by atoms with van der Waals surface area (Å²) < 4.78 is 0. The summed E-state index contributed by atoms with van der Waals surface area (Å²) >= 11 is 0. The van der Waals surface area contributed by atoms with E-state index >= 15 is 0 Å². The van der Waals surface area contributed by atoms with Crippen molar-refractivity contribution in [1.82, 2.24) is 0 Å². The first-order valence-corrected chi connectivity index (χ1v) is 0.289. The van der Waals surface area contributed by atoms with Crippen LogP contribution in [-0.4, -0.2) is 65.9 Å². The van der Waals surface area contributed by atoms with Gasteiger partial charge in [0, 0.05) is 0 Å². The van der Waals surface area contributed by atoms with Crippen LogP contribution in [0.5, 0.6) is 0 Å². The van der Waals surface area contributed by atoms with E-state index in [9.17, 15) is 0 Å². The fourth-order valence-electron chi connectivity index (χ4n) is 0. The van der Waals surface area contributed by atoms with Crippen molar-refractivity contribution in [2.45, 2.75) is 0 Å². The Bertz CT molecular complexity index is 6.00. The fraction of sp³-hybridized carbons (Fsp3) is 0. The van der Waals surface area contributed by atoms with Gasteiger partial charge in [0.15, 0.2) is 0 Å². The average molecular weight is 78.0 g/mol. The average Bonchev–Trinajstić information content (AvgIpc) is 1.00. The summed E-state index contributed by atoms with van der Waals surface area (Å²) in [6.07, 6.45) is 0. The van der Waals surface area contributed by atoms with Gasteiger partial charge in [-0.1, -0.05) is 0 Å². The van der Waals surface area contributed by atoms with Crippen molar-refractivity contribution >= 4 is 65.9 Å². The molecule has 0 aromatic rings. The van der Waals surface area contributed by atoms with Crippen LogP contribution in [0.2, 0.25) is 0 Å². The van der Waals surface area contributed by atoms with E-state index in [1.54, 1.807) is 0 Å². The molecule has 1 nitrogen and oxygen atoms in total. The summed E-state index contributed by atoms with van der Waals surface area (Å²) in [6.45, 7) is 2.00. The van der Waals surface area contributed by atoms with Gasteiger partial charge in [-0.25, -0.2) is 0 Å². The Labute approximate surface area is 69.7 Å². The summed E-state index contributed by atoms with van der Waals surface area (Å²) in [7, 11) is 0. The molecule has 0 heterocycles. The molecule has 0 aromatic heterocycles. The van der Waals surface area contributed by atoms with Crippen LogP contribution >= 0.6 is 0 Å². The topological polar surface area (TPSA) is 17.1 Å². The van der Waals surface area contributed by atoms with E-state index in [4.69, 9.17) is 4.79 Å². The second-order valence-electron chi connectivity index (χ2n) is 0. The molecule has 4 heavy (non-hydrogen) atoms. The van der Waals surface area contributed by atoms with E-state index in [1.165, 1.54) is 0 Å². The zero-order chi connectivity index (χ0) is 2.00. The van der Waals surface area contributed by atoms with Gasteiger partial charge < -0.3 is 4.79 Å². The maximum absolute atomic E-state index is 8.00. The maximum atomic E-state index is 8.00. The van der Waals surface area contributed by atoms with Crippen LogP contribution in [0.15, 0.2) is 0 Å². The zero-order valence-electron chi connectivity index (χ0n) is 1.12. The Hall–Kier alpha value is 1.67. The molecular formula is CH4Na2O. The third-order valence-corrected chi connectivity index (χ3v) is 0. The van der Waals surface area contributed by atoms with Crippen LogP contribution in [-0.2, 0) is 4.79 Å². The predicted molar refractivity (Wildman–Crippen MR) is 21.4 cm³/mol. The molecule has 0 saturated carbocycles. The van der Waals surface area contributed by atoms with E-state index in [0.29, 0.717) is 0 Å². The summed E-state index contributed by atoms with van der Waals surface area (Å²) in [5.74, 6) is 0. The Balaban J connectivity index is -0.00000000500. The van der Waals surface area contributed by atoms with Gasteiger partial charge in [0.2, 0.25) is 0 Å². The third kappa shape index (κ3) is 9.38. The standard InChI is InChI=1S/CH2O.2Na.2H/c1-2;;;;/h1H2;;;;. The second-order valence-corrected chi connectivity index (χ2v) is 0. The Morgan fingerprint density at radius 3 is 1.00 bits per heavy atom. The SMILES string of the molecule is C=O.[NaH].[NaH]. The van der Waals surface area contributed by atoms with Crippen LogP contribution < -0.4 is 0 Å². The van der Waals surface area contributed by atoms with Gasteiger partial charge in [-0.3, -0.25) is 0 Å². The van der Waals surface area contributed by atoms with Gasteiger partial charge in [0.05, 0.1) is 0 Å². The van der Waals surface area contributed by atoms with Crippen LogP contribution in [0.4, 0.5) is 0 Å². The summed E-state index contributed by atoms with van der Waals surface area (Å²) in [4.78, 5) is 8.00. The molecule has 0 atom stereocenters. The molecule has 0 fully saturated rings. The molecule has 0 rings (SSSR count). The number of rotatable bonds is 0.